The Hall–Kier alpha value is -3.62. The summed E-state index contributed by atoms with van der Waals surface area (Å²) in [4.78, 5) is 35.6. The number of thioether (sulfide) groups is 1. The van der Waals surface area contributed by atoms with Crippen LogP contribution in [0.2, 0.25) is 5.02 Å². The molecule has 0 aliphatic heterocycles. The van der Waals surface area contributed by atoms with Crippen molar-refractivity contribution in [3.8, 4) is 11.4 Å². The Morgan fingerprint density at radius 2 is 1.85 bits per heavy atom. The van der Waals surface area contributed by atoms with Crippen molar-refractivity contribution in [2.45, 2.75) is 17.8 Å². The highest BCUT2D eigenvalue weighted by atomic mass is 35.5. The van der Waals surface area contributed by atoms with E-state index in [9.17, 15) is 9.59 Å². The van der Waals surface area contributed by atoms with Gasteiger partial charge < -0.3 is 4.74 Å². The summed E-state index contributed by atoms with van der Waals surface area (Å²) < 4.78 is 8.55. The molecule has 0 spiro atoms. The third-order valence-electron chi connectivity index (χ3n) is 5.42. The third kappa shape index (κ3) is 3.95. The number of pyridine rings is 1. The number of aryl methyl sites for hydroxylation is 1. The SMILES string of the molecule is COc1ccccc1-n1c(SCc2cc(=O)n3cccc(C)c3n2)nc2cc(Cl)ccc2c1=O. The van der Waals surface area contributed by atoms with Crippen molar-refractivity contribution >= 4 is 39.9 Å². The lowest BCUT2D eigenvalue weighted by Gasteiger charge is -2.16. The molecule has 0 saturated carbocycles. The number of para-hydroxylation sites is 2. The molecule has 0 aliphatic carbocycles. The van der Waals surface area contributed by atoms with Crippen molar-refractivity contribution in [2.24, 2.45) is 0 Å². The summed E-state index contributed by atoms with van der Waals surface area (Å²) in [5.41, 5.74) is 2.76. The minimum absolute atomic E-state index is 0.162. The van der Waals surface area contributed by atoms with Gasteiger partial charge in [0.2, 0.25) is 0 Å². The molecule has 0 radical (unpaired) electrons. The van der Waals surface area contributed by atoms with Crippen molar-refractivity contribution < 1.29 is 4.74 Å². The van der Waals surface area contributed by atoms with Crippen molar-refractivity contribution in [3.05, 3.63) is 104 Å². The zero-order valence-corrected chi connectivity index (χ0v) is 19.9. The van der Waals surface area contributed by atoms with Crippen LogP contribution in [0.1, 0.15) is 11.3 Å². The van der Waals surface area contributed by atoms with Gasteiger partial charge in [0, 0.05) is 23.0 Å². The molecule has 34 heavy (non-hydrogen) atoms. The van der Waals surface area contributed by atoms with Gasteiger partial charge in [-0.1, -0.05) is 41.6 Å². The first-order valence-corrected chi connectivity index (χ1v) is 11.8. The van der Waals surface area contributed by atoms with E-state index in [1.54, 1.807) is 43.6 Å². The number of ether oxygens (including phenoxy) is 1. The normalized spacial score (nSPS) is 11.3. The maximum atomic E-state index is 13.6. The van der Waals surface area contributed by atoms with Crippen LogP contribution in [-0.4, -0.2) is 26.0 Å². The van der Waals surface area contributed by atoms with E-state index in [0.29, 0.717) is 49.6 Å². The zero-order valence-electron chi connectivity index (χ0n) is 18.4. The summed E-state index contributed by atoms with van der Waals surface area (Å²) in [6.45, 7) is 1.91. The fourth-order valence-corrected chi connectivity index (χ4v) is 4.85. The van der Waals surface area contributed by atoms with E-state index in [-0.39, 0.29) is 11.1 Å². The van der Waals surface area contributed by atoms with E-state index in [1.807, 2.05) is 31.2 Å². The Bertz CT molecular complexity index is 1680. The fraction of sp³-hybridized carbons (Fsp3) is 0.120. The van der Waals surface area contributed by atoms with Crippen LogP contribution in [0.3, 0.4) is 0 Å². The highest BCUT2D eigenvalue weighted by Gasteiger charge is 2.17. The van der Waals surface area contributed by atoms with Gasteiger partial charge in [0.1, 0.15) is 11.4 Å². The summed E-state index contributed by atoms with van der Waals surface area (Å²) in [5.74, 6) is 0.882. The molecule has 0 fully saturated rings. The number of hydrogen-bond donors (Lipinski definition) is 0. The van der Waals surface area contributed by atoms with Gasteiger partial charge in [-0.25, -0.2) is 9.97 Å². The third-order valence-corrected chi connectivity index (χ3v) is 6.62. The molecule has 3 heterocycles. The minimum Gasteiger partial charge on any atom is -0.495 e. The highest BCUT2D eigenvalue weighted by Crippen LogP contribution is 2.29. The van der Waals surface area contributed by atoms with E-state index in [4.69, 9.17) is 21.3 Å². The van der Waals surface area contributed by atoms with Crippen LogP contribution in [0.15, 0.2) is 81.6 Å². The quantitative estimate of drug-likeness (QED) is 0.263. The lowest BCUT2D eigenvalue weighted by atomic mass is 10.2. The molecule has 0 aliphatic rings. The molecule has 170 valence electrons. The van der Waals surface area contributed by atoms with Crippen LogP contribution in [0.4, 0.5) is 0 Å². The standard InChI is InChI=1S/C25H19ClN4O3S/c1-15-6-5-11-29-22(31)13-17(27-23(15)29)14-34-25-28-19-12-16(26)9-10-18(19)24(32)30(25)20-7-3-4-8-21(20)33-2/h3-13H,14H2,1-2H3. The Labute approximate surface area is 203 Å². The van der Waals surface area contributed by atoms with Crippen LogP contribution in [0.5, 0.6) is 5.75 Å². The van der Waals surface area contributed by atoms with E-state index in [1.165, 1.54) is 26.8 Å². The van der Waals surface area contributed by atoms with Gasteiger partial charge in [0.05, 0.1) is 29.4 Å². The first kappa shape index (κ1) is 22.2. The molecule has 0 saturated heterocycles. The van der Waals surface area contributed by atoms with Gasteiger partial charge in [0.15, 0.2) is 5.16 Å². The molecule has 2 aromatic carbocycles. The molecule has 0 unspecified atom stereocenters. The fourth-order valence-electron chi connectivity index (χ4n) is 3.78. The second kappa shape index (κ2) is 8.96. The molecule has 0 atom stereocenters. The second-order valence-electron chi connectivity index (χ2n) is 7.63. The van der Waals surface area contributed by atoms with Gasteiger partial charge in [-0.05, 0) is 48.9 Å². The number of halogens is 1. The Balaban J connectivity index is 1.66. The van der Waals surface area contributed by atoms with Gasteiger partial charge in [-0.3, -0.25) is 18.6 Å². The lowest BCUT2D eigenvalue weighted by Crippen LogP contribution is -2.22. The molecule has 5 rings (SSSR count). The van der Waals surface area contributed by atoms with E-state index < -0.39 is 0 Å². The Kier molecular flexibility index (Phi) is 5.85. The molecule has 7 nitrogen and oxygen atoms in total. The number of hydrogen-bond acceptors (Lipinski definition) is 6. The smallest absolute Gasteiger partial charge is 0.266 e. The molecule has 0 amide bonds. The molecule has 3 aromatic heterocycles. The predicted molar refractivity (Wildman–Crippen MR) is 135 cm³/mol. The first-order chi connectivity index (χ1) is 16.5. The van der Waals surface area contributed by atoms with Crippen molar-refractivity contribution in [2.75, 3.05) is 7.11 Å². The largest absolute Gasteiger partial charge is 0.495 e. The van der Waals surface area contributed by atoms with Gasteiger partial charge in [-0.15, -0.1) is 0 Å². The van der Waals surface area contributed by atoms with Crippen LogP contribution < -0.4 is 15.9 Å². The average molecular weight is 491 g/mol. The molecule has 0 N–H and O–H groups in total. The average Bonchev–Trinajstić information content (AvgIpc) is 2.83. The topological polar surface area (TPSA) is 78.5 Å². The zero-order chi connectivity index (χ0) is 23.8. The predicted octanol–water partition coefficient (Wildman–Crippen LogP) is 4.66. The van der Waals surface area contributed by atoms with Crippen molar-refractivity contribution in [1.29, 1.82) is 0 Å². The number of aromatic nitrogens is 4. The molecule has 5 aromatic rings. The summed E-state index contributed by atoms with van der Waals surface area (Å²) >= 11 is 7.48. The first-order valence-electron chi connectivity index (χ1n) is 10.4. The summed E-state index contributed by atoms with van der Waals surface area (Å²) in [6, 6.07) is 17.5. The van der Waals surface area contributed by atoms with Crippen LogP contribution in [-0.2, 0) is 5.75 Å². The van der Waals surface area contributed by atoms with Gasteiger partial charge in [-0.2, -0.15) is 0 Å². The van der Waals surface area contributed by atoms with Crippen molar-refractivity contribution in [3.63, 3.8) is 0 Å². The van der Waals surface area contributed by atoms with Crippen LogP contribution in [0, 0.1) is 6.92 Å². The Morgan fingerprint density at radius 3 is 2.68 bits per heavy atom. The monoisotopic (exact) mass is 490 g/mol. The maximum Gasteiger partial charge on any atom is 0.266 e. The molecule has 9 heteroatoms. The summed E-state index contributed by atoms with van der Waals surface area (Å²) in [6.07, 6.45) is 1.70. The van der Waals surface area contributed by atoms with E-state index >= 15 is 0 Å². The number of methoxy groups -OCH3 is 1. The highest BCUT2D eigenvalue weighted by molar-refractivity contribution is 7.98. The molecular formula is C25H19ClN4O3S. The Morgan fingerprint density at radius 1 is 1.03 bits per heavy atom. The lowest BCUT2D eigenvalue weighted by molar-refractivity contribution is 0.411. The number of rotatable bonds is 5. The summed E-state index contributed by atoms with van der Waals surface area (Å²) in [5, 5.41) is 1.37. The van der Waals surface area contributed by atoms with Gasteiger partial charge >= 0.3 is 0 Å². The number of nitrogens with zero attached hydrogens (tertiary/aromatic N) is 4. The van der Waals surface area contributed by atoms with E-state index in [0.717, 1.165) is 5.56 Å². The van der Waals surface area contributed by atoms with Crippen LogP contribution in [0.25, 0.3) is 22.2 Å². The summed E-state index contributed by atoms with van der Waals surface area (Å²) in [7, 11) is 1.56. The number of benzene rings is 2. The minimum atomic E-state index is -0.240. The second-order valence-corrected chi connectivity index (χ2v) is 9.01. The maximum absolute atomic E-state index is 13.6. The van der Waals surface area contributed by atoms with E-state index in [2.05, 4.69) is 4.98 Å². The van der Waals surface area contributed by atoms with Crippen molar-refractivity contribution in [1.82, 2.24) is 18.9 Å². The van der Waals surface area contributed by atoms with Crippen LogP contribution >= 0.6 is 23.4 Å². The molecular weight excluding hydrogens is 472 g/mol. The van der Waals surface area contributed by atoms with Gasteiger partial charge in [0.25, 0.3) is 11.1 Å². The molecule has 0 bridgehead atoms. The number of fused-ring (bicyclic) bond motifs is 2.